The van der Waals surface area contributed by atoms with Crippen molar-refractivity contribution in [1.29, 1.82) is 0 Å². The highest BCUT2D eigenvalue weighted by atomic mass is 35.5. The van der Waals surface area contributed by atoms with Crippen LogP contribution in [0.1, 0.15) is 16.8 Å². The Morgan fingerprint density at radius 2 is 2.20 bits per heavy atom. The molecule has 3 nitrogen and oxygen atoms in total. The van der Waals surface area contributed by atoms with E-state index in [1.54, 1.807) is 6.92 Å². The van der Waals surface area contributed by atoms with E-state index in [4.69, 9.17) is 11.6 Å². The molecule has 1 aliphatic rings. The Labute approximate surface area is 90.4 Å². The molecular weight excluding hydrogens is 226 g/mol. The minimum Gasteiger partial charge on any atom is -0.415 e. The molecule has 0 bridgehead atoms. The Kier molecular flexibility index (Phi) is 2.75. The van der Waals surface area contributed by atoms with E-state index in [1.165, 1.54) is 0 Å². The molecule has 2 heterocycles. The number of hydrogen-bond acceptors (Lipinski definition) is 3. The van der Waals surface area contributed by atoms with E-state index in [2.05, 4.69) is 15.0 Å². The van der Waals surface area contributed by atoms with Gasteiger partial charge < -0.3 is 10.1 Å². The molecule has 0 fully saturated rings. The molecule has 1 aromatic heterocycles. The fourth-order valence-corrected chi connectivity index (χ4v) is 1.80. The summed E-state index contributed by atoms with van der Waals surface area (Å²) in [5, 5.41) is 3.24. The topological polar surface area (TPSA) is 34.1 Å². The lowest BCUT2D eigenvalue weighted by atomic mass is 10.1. The normalized spacial score (nSPS) is 14.5. The minimum absolute atomic E-state index is 0.165. The van der Waals surface area contributed by atoms with Gasteiger partial charge in [0.15, 0.2) is 0 Å². The van der Waals surface area contributed by atoms with Gasteiger partial charge in [-0.3, -0.25) is 0 Å². The summed E-state index contributed by atoms with van der Waals surface area (Å²) in [6, 6.07) is 0. The maximum atomic E-state index is 12.0. The van der Waals surface area contributed by atoms with Crippen molar-refractivity contribution in [2.75, 3.05) is 0 Å². The summed E-state index contributed by atoms with van der Waals surface area (Å²) in [6.07, 6.45) is 0. The lowest BCUT2D eigenvalue weighted by Gasteiger charge is -2.10. The summed E-state index contributed by atoms with van der Waals surface area (Å²) in [5.41, 5.74) is 2.46. The molecule has 1 aromatic rings. The zero-order valence-electron chi connectivity index (χ0n) is 7.98. The predicted molar refractivity (Wildman–Crippen MR) is 51.2 cm³/mol. The predicted octanol–water partition coefficient (Wildman–Crippen LogP) is 2.25. The Bertz CT molecular complexity index is 398. The van der Waals surface area contributed by atoms with Gasteiger partial charge in [-0.15, -0.1) is 0 Å². The standard InChI is InChI=1S/C9H9ClF2N2O/c1-4-5-2-13-3-6(5)14-8(7(4)10)15-9(11)12/h9,13H,2-3H2,1H3. The van der Waals surface area contributed by atoms with E-state index in [1.807, 2.05) is 0 Å². The monoisotopic (exact) mass is 234 g/mol. The zero-order chi connectivity index (χ0) is 11.0. The molecule has 0 saturated heterocycles. The second-order valence-corrected chi connectivity index (χ2v) is 3.64. The van der Waals surface area contributed by atoms with E-state index in [9.17, 15) is 8.78 Å². The van der Waals surface area contributed by atoms with Gasteiger partial charge in [-0.05, 0) is 18.1 Å². The average molecular weight is 235 g/mol. The van der Waals surface area contributed by atoms with Crippen molar-refractivity contribution >= 4 is 11.6 Å². The molecule has 0 aromatic carbocycles. The van der Waals surface area contributed by atoms with Crippen LogP contribution in [-0.2, 0) is 13.1 Å². The summed E-state index contributed by atoms with van der Waals surface area (Å²) < 4.78 is 28.3. The molecule has 0 unspecified atom stereocenters. The molecule has 15 heavy (non-hydrogen) atoms. The third kappa shape index (κ3) is 1.89. The van der Waals surface area contributed by atoms with Crippen molar-refractivity contribution in [2.24, 2.45) is 0 Å². The van der Waals surface area contributed by atoms with Gasteiger partial charge in [-0.2, -0.15) is 8.78 Å². The first-order chi connectivity index (χ1) is 7.09. The molecule has 0 spiro atoms. The largest absolute Gasteiger partial charge is 0.415 e. The Hall–Kier alpha value is -0.940. The second kappa shape index (κ2) is 3.90. The van der Waals surface area contributed by atoms with Gasteiger partial charge in [0.25, 0.3) is 0 Å². The Morgan fingerprint density at radius 1 is 1.47 bits per heavy atom. The quantitative estimate of drug-likeness (QED) is 0.852. The van der Waals surface area contributed by atoms with Crippen LogP contribution >= 0.6 is 11.6 Å². The number of ether oxygens (including phenoxy) is 1. The minimum atomic E-state index is -2.90. The van der Waals surface area contributed by atoms with E-state index in [-0.39, 0.29) is 10.9 Å². The first kappa shape index (κ1) is 10.6. The fraction of sp³-hybridized carbons (Fsp3) is 0.444. The molecule has 2 rings (SSSR count). The number of hydrogen-bond donors (Lipinski definition) is 1. The molecule has 1 aliphatic heterocycles. The number of halogens is 3. The highest BCUT2D eigenvalue weighted by Crippen LogP contribution is 2.32. The second-order valence-electron chi connectivity index (χ2n) is 3.26. The smallest absolute Gasteiger partial charge is 0.388 e. The van der Waals surface area contributed by atoms with Crippen LogP contribution in [0.2, 0.25) is 5.02 Å². The lowest BCUT2D eigenvalue weighted by Crippen LogP contribution is -2.07. The van der Waals surface area contributed by atoms with Crippen molar-refractivity contribution < 1.29 is 13.5 Å². The van der Waals surface area contributed by atoms with Crippen molar-refractivity contribution in [2.45, 2.75) is 26.6 Å². The number of alkyl halides is 2. The maximum absolute atomic E-state index is 12.0. The van der Waals surface area contributed by atoms with E-state index < -0.39 is 6.61 Å². The van der Waals surface area contributed by atoms with Gasteiger partial charge in [0, 0.05) is 13.1 Å². The first-order valence-electron chi connectivity index (χ1n) is 4.43. The Morgan fingerprint density at radius 3 is 2.87 bits per heavy atom. The summed E-state index contributed by atoms with van der Waals surface area (Å²) in [5.74, 6) is -0.188. The van der Waals surface area contributed by atoms with Gasteiger partial charge in [-0.25, -0.2) is 4.98 Å². The van der Waals surface area contributed by atoms with Gasteiger partial charge in [0.2, 0.25) is 5.88 Å². The van der Waals surface area contributed by atoms with Crippen molar-refractivity contribution in [3.63, 3.8) is 0 Å². The van der Waals surface area contributed by atoms with Crippen LogP contribution in [0.3, 0.4) is 0 Å². The van der Waals surface area contributed by atoms with Crippen LogP contribution in [0.15, 0.2) is 0 Å². The summed E-state index contributed by atoms with van der Waals surface area (Å²) in [4.78, 5) is 3.96. The zero-order valence-corrected chi connectivity index (χ0v) is 8.74. The molecule has 0 amide bonds. The third-order valence-corrected chi connectivity index (χ3v) is 2.79. The van der Waals surface area contributed by atoms with E-state index in [0.29, 0.717) is 13.1 Å². The van der Waals surface area contributed by atoms with Gasteiger partial charge in [0.05, 0.1) is 5.69 Å². The molecule has 6 heteroatoms. The van der Waals surface area contributed by atoms with Crippen LogP contribution in [0, 0.1) is 6.92 Å². The molecule has 82 valence electrons. The third-order valence-electron chi connectivity index (χ3n) is 2.35. The van der Waals surface area contributed by atoms with Crippen LogP contribution in [0.5, 0.6) is 5.88 Å². The first-order valence-corrected chi connectivity index (χ1v) is 4.80. The maximum Gasteiger partial charge on any atom is 0.388 e. The summed E-state index contributed by atoms with van der Waals surface area (Å²) >= 11 is 5.87. The van der Waals surface area contributed by atoms with E-state index >= 15 is 0 Å². The highest BCUT2D eigenvalue weighted by Gasteiger charge is 2.21. The summed E-state index contributed by atoms with van der Waals surface area (Å²) in [7, 11) is 0. The van der Waals surface area contributed by atoms with Gasteiger partial charge >= 0.3 is 6.61 Å². The Balaban J connectivity index is 2.44. The number of nitrogens with one attached hydrogen (secondary N) is 1. The molecule has 0 radical (unpaired) electrons. The average Bonchev–Trinajstić information content (AvgIpc) is 2.61. The molecule has 1 N–H and O–H groups in total. The number of rotatable bonds is 2. The fourth-order valence-electron chi connectivity index (χ4n) is 1.60. The molecule has 0 saturated carbocycles. The van der Waals surface area contributed by atoms with Gasteiger partial charge in [0.1, 0.15) is 5.02 Å². The van der Waals surface area contributed by atoms with Crippen LogP contribution in [-0.4, -0.2) is 11.6 Å². The molecule has 0 aliphatic carbocycles. The van der Waals surface area contributed by atoms with Crippen molar-refractivity contribution in [3.8, 4) is 5.88 Å². The lowest BCUT2D eigenvalue weighted by molar-refractivity contribution is -0.0529. The van der Waals surface area contributed by atoms with Crippen LogP contribution < -0.4 is 10.1 Å². The van der Waals surface area contributed by atoms with E-state index in [0.717, 1.165) is 16.8 Å². The SMILES string of the molecule is Cc1c(Cl)c(OC(F)F)nc2c1CNC2. The number of pyridine rings is 1. The van der Waals surface area contributed by atoms with Crippen LogP contribution in [0.25, 0.3) is 0 Å². The van der Waals surface area contributed by atoms with Crippen molar-refractivity contribution in [1.82, 2.24) is 10.3 Å². The molecule has 0 atom stereocenters. The summed E-state index contributed by atoms with van der Waals surface area (Å²) in [6.45, 7) is 0.103. The number of nitrogens with zero attached hydrogens (tertiary/aromatic N) is 1. The van der Waals surface area contributed by atoms with Crippen molar-refractivity contribution in [3.05, 3.63) is 21.8 Å². The number of fused-ring (bicyclic) bond motifs is 1. The number of aromatic nitrogens is 1. The highest BCUT2D eigenvalue weighted by molar-refractivity contribution is 6.32. The molecular formula is C9H9ClF2N2O. The van der Waals surface area contributed by atoms with Crippen LogP contribution in [0.4, 0.5) is 8.78 Å². The van der Waals surface area contributed by atoms with Gasteiger partial charge in [-0.1, -0.05) is 11.6 Å².